The van der Waals surface area contributed by atoms with Crippen molar-refractivity contribution in [2.75, 3.05) is 6.61 Å². The summed E-state index contributed by atoms with van der Waals surface area (Å²) in [7, 11) is 0. The lowest BCUT2D eigenvalue weighted by Crippen LogP contribution is -2.53. The van der Waals surface area contributed by atoms with Crippen LogP contribution in [0, 0.1) is 0 Å². The van der Waals surface area contributed by atoms with E-state index in [0.29, 0.717) is 18.1 Å². The summed E-state index contributed by atoms with van der Waals surface area (Å²) in [6, 6.07) is 13.3. The van der Waals surface area contributed by atoms with Crippen LogP contribution < -0.4 is 5.73 Å². The molecule has 0 saturated carbocycles. The van der Waals surface area contributed by atoms with E-state index in [1.165, 1.54) is 0 Å². The Hall–Kier alpha value is -2.11. The van der Waals surface area contributed by atoms with Crippen molar-refractivity contribution in [2.45, 2.75) is 38.6 Å². The molecular weight excluding hydrogens is 292 g/mol. The number of carbonyl (C=O) groups excluding carboxylic acids is 1. The van der Waals surface area contributed by atoms with E-state index in [4.69, 9.17) is 14.9 Å². The minimum Gasteiger partial charge on any atom is -0.455 e. The van der Waals surface area contributed by atoms with Crippen molar-refractivity contribution in [3.8, 4) is 0 Å². The van der Waals surface area contributed by atoms with Gasteiger partial charge in [-0.1, -0.05) is 30.3 Å². The van der Waals surface area contributed by atoms with Crippen LogP contribution in [0.2, 0.25) is 0 Å². The van der Waals surface area contributed by atoms with Crippen LogP contribution in [-0.4, -0.2) is 29.5 Å². The van der Waals surface area contributed by atoms with Gasteiger partial charge >= 0.3 is 0 Å². The maximum atomic E-state index is 12.9. The van der Waals surface area contributed by atoms with Crippen LogP contribution >= 0.6 is 0 Å². The van der Waals surface area contributed by atoms with E-state index >= 15 is 0 Å². The largest absolute Gasteiger partial charge is 0.455 e. The van der Waals surface area contributed by atoms with Gasteiger partial charge in [-0.2, -0.15) is 0 Å². The molecule has 1 amide bonds. The Bertz CT molecular complexity index is 668. The van der Waals surface area contributed by atoms with Gasteiger partial charge in [0.05, 0.1) is 25.2 Å². The molecule has 1 aromatic heterocycles. The molecule has 0 radical (unpaired) electrons. The third-order valence-corrected chi connectivity index (χ3v) is 4.31. The third kappa shape index (κ3) is 3.02. The molecule has 3 rings (SSSR count). The van der Waals surface area contributed by atoms with Gasteiger partial charge in [0, 0.05) is 0 Å². The number of nitrogens with zero attached hydrogens (tertiary/aromatic N) is 1. The first-order valence-electron chi connectivity index (χ1n) is 7.89. The number of benzene rings is 1. The number of morpholine rings is 1. The molecule has 1 aliphatic heterocycles. The molecule has 5 nitrogen and oxygen atoms in total. The van der Waals surface area contributed by atoms with E-state index in [1.807, 2.05) is 49.1 Å². The average molecular weight is 314 g/mol. The summed E-state index contributed by atoms with van der Waals surface area (Å²) in [6.07, 6.45) is -0.139. The highest BCUT2D eigenvalue weighted by atomic mass is 16.5. The van der Waals surface area contributed by atoms with Crippen LogP contribution in [0.3, 0.4) is 0 Å². The number of furan rings is 1. The normalized spacial score (nSPS) is 24.7. The minimum absolute atomic E-state index is 0.0103. The van der Waals surface area contributed by atoms with Gasteiger partial charge in [-0.3, -0.25) is 4.79 Å². The molecule has 1 aromatic carbocycles. The SMILES string of the molecule is C[C@@H]1CO[C@@H](c2ccccc2)[C@H](C)N1C(=O)c1ccc(CN)o1. The topological polar surface area (TPSA) is 68.7 Å². The Morgan fingerprint density at radius 1 is 1.22 bits per heavy atom. The first-order valence-corrected chi connectivity index (χ1v) is 7.89. The molecule has 3 atom stereocenters. The second kappa shape index (κ2) is 6.56. The summed E-state index contributed by atoms with van der Waals surface area (Å²) >= 11 is 0. The molecule has 1 fully saturated rings. The molecule has 1 saturated heterocycles. The van der Waals surface area contributed by atoms with Crippen molar-refractivity contribution in [1.29, 1.82) is 0 Å². The van der Waals surface area contributed by atoms with Crippen LogP contribution in [0.1, 0.15) is 41.8 Å². The second-order valence-corrected chi connectivity index (χ2v) is 5.94. The first-order chi connectivity index (χ1) is 11.1. The second-order valence-electron chi connectivity index (χ2n) is 5.94. The number of hydrogen-bond donors (Lipinski definition) is 1. The lowest BCUT2D eigenvalue weighted by molar-refractivity contribution is -0.0814. The van der Waals surface area contributed by atoms with E-state index < -0.39 is 0 Å². The van der Waals surface area contributed by atoms with Crippen molar-refractivity contribution in [3.05, 3.63) is 59.5 Å². The van der Waals surface area contributed by atoms with Gasteiger partial charge in [0.2, 0.25) is 0 Å². The van der Waals surface area contributed by atoms with Crippen LogP contribution in [0.4, 0.5) is 0 Å². The highest BCUT2D eigenvalue weighted by molar-refractivity contribution is 5.92. The molecule has 5 heteroatoms. The van der Waals surface area contributed by atoms with Gasteiger partial charge in [0.25, 0.3) is 5.91 Å². The van der Waals surface area contributed by atoms with Gasteiger partial charge in [-0.25, -0.2) is 0 Å². The Morgan fingerprint density at radius 3 is 2.61 bits per heavy atom. The molecule has 122 valence electrons. The summed E-state index contributed by atoms with van der Waals surface area (Å²) in [5.74, 6) is 0.827. The Balaban J connectivity index is 1.85. The predicted molar refractivity (Wildman–Crippen MR) is 86.8 cm³/mol. The van der Waals surface area contributed by atoms with E-state index in [-0.39, 0.29) is 30.6 Å². The standard InChI is InChI=1S/C18H22N2O3/c1-12-11-22-17(14-6-4-3-5-7-14)13(2)20(12)18(21)16-9-8-15(10-19)23-16/h3-9,12-13,17H,10-11,19H2,1-2H3/t12-,13+,17-/m1/s1. The van der Waals surface area contributed by atoms with E-state index in [2.05, 4.69) is 0 Å². The van der Waals surface area contributed by atoms with Gasteiger partial charge in [-0.05, 0) is 31.5 Å². The Kier molecular flexibility index (Phi) is 4.50. The number of ether oxygens (including phenoxy) is 1. The number of amides is 1. The molecule has 2 heterocycles. The molecule has 2 N–H and O–H groups in total. The fourth-order valence-electron chi connectivity index (χ4n) is 3.14. The van der Waals surface area contributed by atoms with Crippen LogP contribution in [0.15, 0.2) is 46.9 Å². The van der Waals surface area contributed by atoms with Crippen molar-refractivity contribution in [1.82, 2.24) is 4.90 Å². The summed E-state index contributed by atoms with van der Waals surface area (Å²) in [4.78, 5) is 14.7. The van der Waals surface area contributed by atoms with E-state index in [9.17, 15) is 4.79 Å². The number of hydrogen-bond acceptors (Lipinski definition) is 4. The van der Waals surface area contributed by atoms with Crippen molar-refractivity contribution in [3.63, 3.8) is 0 Å². The highest BCUT2D eigenvalue weighted by Crippen LogP contribution is 2.32. The maximum absolute atomic E-state index is 12.9. The van der Waals surface area contributed by atoms with Crippen molar-refractivity contribution in [2.24, 2.45) is 5.73 Å². The van der Waals surface area contributed by atoms with Crippen LogP contribution in [0.25, 0.3) is 0 Å². The Labute approximate surface area is 136 Å². The zero-order valence-corrected chi connectivity index (χ0v) is 13.4. The number of nitrogens with two attached hydrogens (primary N) is 1. The molecular formula is C18H22N2O3. The molecule has 0 bridgehead atoms. The van der Waals surface area contributed by atoms with Gasteiger partial charge in [0.1, 0.15) is 11.9 Å². The quantitative estimate of drug-likeness (QED) is 0.946. The summed E-state index contributed by atoms with van der Waals surface area (Å²) in [5.41, 5.74) is 6.63. The van der Waals surface area contributed by atoms with Crippen molar-refractivity contribution >= 4 is 5.91 Å². The highest BCUT2D eigenvalue weighted by Gasteiger charge is 2.38. The van der Waals surface area contributed by atoms with Gasteiger partial charge in [0.15, 0.2) is 5.76 Å². The lowest BCUT2D eigenvalue weighted by atomic mass is 9.98. The van der Waals surface area contributed by atoms with E-state index in [0.717, 1.165) is 5.56 Å². The van der Waals surface area contributed by atoms with Crippen molar-refractivity contribution < 1.29 is 13.9 Å². The van der Waals surface area contributed by atoms with E-state index in [1.54, 1.807) is 12.1 Å². The molecule has 0 unspecified atom stereocenters. The first kappa shape index (κ1) is 15.8. The summed E-state index contributed by atoms with van der Waals surface area (Å²) < 4.78 is 11.5. The monoisotopic (exact) mass is 314 g/mol. The van der Waals surface area contributed by atoms with Gasteiger partial charge in [-0.15, -0.1) is 0 Å². The zero-order chi connectivity index (χ0) is 16.4. The smallest absolute Gasteiger partial charge is 0.290 e. The predicted octanol–water partition coefficient (Wildman–Crippen LogP) is 2.73. The summed E-state index contributed by atoms with van der Waals surface area (Å²) in [5, 5.41) is 0. The maximum Gasteiger partial charge on any atom is 0.290 e. The fraction of sp³-hybridized carbons (Fsp3) is 0.389. The fourth-order valence-corrected chi connectivity index (χ4v) is 3.14. The molecule has 1 aliphatic rings. The van der Waals surface area contributed by atoms with Crippen LogP contribution in [0.5, 0.6) is 0 Å². The third-order valence-electron chi connectivity index (χ3n) is 4.31. The molecule has 0 spiro atoms. The molecule has 23 heavy (non-hydrogen) atoms. The van der Waals surface area contributed by atoms with Gasteiger partial charge < -0.3 is 19.8 Å². The minimum atomic E-state index is -0.139. The number of carbonyl (C=O) groups is 1. The summed E-state index contributed by atoms with van der Waals surface area (Å²) in [6.45, 7) is 4.79. The van der Waals surface area contributed by atoms with Crippen LogP contribution in [-0.2, 0) is 11.3 Å². The number of rotatable bonds is 3. The lowest BCUT2D eigenvalue weighted by Gasteiger charge is -2.43. The average Bonchev–Trinajstić information content (AvgIpc) is 3.05. The molecule has 0 aliphatic carbocycles. The zero-order valence-electron chi connectivity index (χ0n) is 13.4. The Morgan fingerprint density at radius 2 is 1.96 bits per heavy atom. The molecule has 2 aromatic rings.